The molecule has 1 aliphatic rings. The lowest BCUT2D eigenvalue weighted by Crippen LogP contribution is -2.22. The molecule has 0 bridgehead atoms. The monoisotopic (exact) mass is 192 g/mol. The van der Waals surface area contributed by atoms with Gasteiger partial charge in [-0.3, -0.25) is 0 Å². The molecule has 0 N–H and O–H groups in total. The Morgan fingerprint density at radius 1 is 1.57 bits per heavy atom. The molecule has 0 spiro atoms. The Morgan fingerprint density at radius 2 is 2.36 bits per heavy atom. The van der Waals surface area contributed by atoms with Crippen LogP contribution < -0.4 is 0 Å². The summed E-state index contributed by atoms with van der Waals surface area (Å²) in [4.78, 5) is 7.48. The van der Waals surface area contributed by atoms with E-state index in [0.29, 0.717) is 0 Å². The lowest BCUT2D eigenvalue weighted by Gasteiger charge is -2.17. The van der Waals surface area contributed by atoms with Crippen molar-refractivity contribution < 1.29 is 4.84 Å². The Hall–Kier alpha value is -1.74. The summed E-state index contributed by atoms with van der Waals surface area (Å²) in [5.41, 5.74) is 9.10. The summed E-state index contributed by atoms with van der Waals surface area (Å²) in [6.45, 7) is 1.85. The Labute approximate surface area is 82.4 Å². The number of oxime groups is 1. The maximum absolute atomic E-state index is 8.33. The molecular formula is C9H12N4O. The largest absolute Gasteiger partial charge is 0.399 e. The van der Waals surface area contributed by atoms with Crippen LogP contribution in [0.1, 0.15) is 6.92 Å². The van der Waals surface area contributed by atoms with E-state index in [9.17, 15) is 0 Å². The first-order valence-electron chi connectivity index (χ1n) is 4.29. The molecule has 14 heavy (non-hydrogen) atoms. The van der Waals surface area contributed by atoms with Crippen molar-refractivity contribution in [3.05, 3.63) is 34.7 Å². The average Bonchev–Trinajstić information content (AvgIpc) is 2.19. The highest BCUT2D eigenvalue weighted by atomic mass is 16.6. The van der Waals surface area contributed by atoms with Gasteiger partial charge in [-0.25, -0.2) is 0 Å². The van der Waals surface area contributed by atoms with Crippen LogP contribution in [-0.4, -0.2) is 18.9 Å². The molecule has 74 valence electrons. The van der Waals surface area contributed by atoms with Crippen LogP contribution in [0.5, 0.6) is 0 Å². The second-order valence-electron chi connectivity index (χ2n) is 2.91. The number of allylic oxidation sites excluding steroid dienone is 3. The lowest BCUT2D eigenvalue weighted by molar-refractivity contribution is 0.211. The summed E-state index contributed by atoms with van der Waals surface area (Å²) in [6, 6.07) is -0.157. The number of azide groups is 1. The standard InChI is InChI=1S/C9H12N4O/c1-7(11-13-10)8-5-3-4-6-9(8)12-14-2/h3-8H,1-2H3. The quantitative estimate of drug-likeness (QED) is 0.293. The molecule has 1 rings (SSSR count). The van der Waals surface area contributed by atoms with Crippen LogP contribution in [0.15, 0.2) is 34.6 Å². The highest BCUT2D eigenvalue weighted by Crippen LogP contribution is 2.16. The molecular weight excluding hydrogens is 180 g/mol. The Bertz CT molecular complexity index is 326. The van der Waals surface area contributed by atoms with Gasteiger partial charge in [-0.2, -0.15) is 0 Å². The number of nitrogens with zero attached hydrogens (tertiary/aromatic N) is 4. The first kappa shape index (κ1) is 10.3. The molecule has 0 saturated carbocycles. The molecule has 2 unspecified atom stereocenters. The van der Waals surface area contributed by atoms with E-state index in [2.05, 4.69) is 15.2 Å². The first-order valence-corrected chi connectivity index (χ1v) is 4.29. The summed E-state index contributed by atoms with van der Waals surface area (Å²) in [6.07, 6.45) is 7.56. The molecule has 0 fully saturated rings. The normalized spacial score (nSPS) is 24.4. The first-order chi connectivity index (χ1) is 6.79. The van der Waals surface area contributed by atoms with Gasteiger partial charge >= 0.3 is 0 Å². The van der Waals surface area contributed by atoms with Gasteiger partial charge in [0, 0.05) is 16.9 Å². The number of hydrogen-bond donors (Lipinski definition) is 0. The third-order valence-electron chi connectivity index (χ3n) is 1.99. The second-order valence-corrected chi connectivity index (χ2v) is 2.91. The van der Waals surface area contributed by atoms with Crippen molar-refractivity contribution in [1.29, 1.82) is 0 Å². The Kier molecular flexibility index (Phi) is 3.76. The predicted octanol–water partition coefficient (Wildman–Crippen LogP) is 2.43. The van der Waals surface area contributed by atoms with Crippen LogP contribution in [0.3, 0.4) is 0 Å². The van der Waals surface area contributed by atoms with E-state index in [1.165, 1.54) is 7.11 Å². The van der Waals surface area contributed by atoms with Crippen molar-refractivity contribution in [3.63, 3.8) is 0 Å². The van der Waals surface area contributed by atoms with Crippen LogP contribution in [0.25, 0.3) is 10.4 Å². The van der Waals surface area contributed by atoms with E-state index in [4.69, 9.17) is 10.4 Å². The van der Waals surface area contributed by atoms with Gasteiger partial charge < -0.3 is 4.84 Å². The SMILES string of the molecule is CON=C1C=CC=CC1C(C)N=[N+]=[N-]. The van der Waals surface area contributed by atoms with Gasteiger partial charge in [-0.15, -0.1) is 0 Å². The van der Waals surface area contributed by atoms with Gasteiger partial charge in [0.05, 0.1) is 5.71 Å². The van der Waals surface area contributed by atoms with Crippen LogP contribution in [-0.2, 0) is 4.84 Å². The van der Waals surface area contributed by atoms with Crippen LogP contribution in [0.4, 0.5) is 0 Å². The van der Waals surface area contributed by atoms with Crippen LogP contribution in [0.2, 0.25) is 0 Å². The van der Waals surface area contributed by atoms with Crippen molar-refractivity contribution >= 4 is 5.71 Å². The molecule has 0 amide bonds. The highest BCUT2D eigenvalue weighted by Gasteiger charge is 2.19. The van der Waals surface area contributed by atoms with E-state index in [1.54, 1.807) is 0 Å². The van der Waals surface area contributed by atoms with Gasteiger partial charge in [-0.1, -0.05) is 35.4 Å². The fourth-order valence-electron chi connectivity index (χ4n) is 1.31. The van der Waals surface area contributed by atoms with Gasteiger partial charge in [-0.05, 0) is 11.6 Å². The van der Waals surface area contributed by atoms with E-state index in [-0.39, 0.29) is 12.0 Å². The summed E-state index contributed by atoms with van der Waals surface area (Å²) in [7, 11) is 1.49. The number of hydrogen-bond acceptors (Lipinski definition) is 3. The zero-order valence-electron chi connectivity index (χ0n) is 8.16. The minimum Gasteiger partial charge on any atom is -0.399 e. The van der Waals surface area contributed by atoms with E-state index >= 15 is 0 Å². The minimum atomic E-state index is -0.157. The topological polar surface area (TPSA) is 70.4 Å². The third-order valence-corrected chi connectivity index (χ3v) is 1.99. The molecule has 0 aromatic heterocycles. The smallest absolute Gasteiger partial charge is 0.106 e. The summed E-state index contributed by atoms with van der Waals surface area (Å²) in [5.74, 6) is -0.00384. The average molecular weight is 192 g/mol. The van der Waals surface area contributed by atoms with E-state index in [1.807, 2.05) is 31.2 Å². The molecule has 5 nitrogen and oxygen atoms in total. The fraction of sp³-hybridized carbons (Fsp3) is 0.444. The van der Waals surface area contributed by atoms with E-state index < -0.39 is 0 Å². The molecule has 2 atom stereocenters. The number of rotatable bonds is 3. The summed E-state index contributed by atoms with van der Waals surface area (Å²) < 4.78 is 0. The van der Waals surface area contributed by atoms with E-state index in [0.717, 1.165) is 5.71 Å². The van der Waals surface area contributed by atoms with Gasteiger partial charge in [0.1, 0.15) is 7.11 Å². The zero-order valence-corrected chi connectivity index (χ0v) is 8.16. The maximum Gasteiger partial charge on any atom is 0.106 e. The molecule has 1 aliphatic carbocycles. The molecule has 0 aromatic rings. The van der Waals surface area contributed by atoms with Crippen molar-refractivity contribution in [2.75, 3.05) is 7.11 Å². The van der Waals surface area contributed by atoms with Crippen molar-refractivity contribution in [2.24, 2.45) is 16.2 Å². The van der Waals surface area contributed by atoms with Crippen LogP contribution in [0, 0.1) is 5.92 Å². The van der Waals surface area contributed by atoms with Gasteiger partial charge in [0.2, 0.25) is 0 Å². The van der Waals surface area contributed by atoms with Crippen LogP contribution >= 0.6 is 0 Å². The van der Waals surface area contributed by atoms with Gasteiger partial charge in [0.15, 0.2) is 0 Å². The van der Waals surface area contributed by atoms with Crippen molar-refractivity contribution in [1.82, 2.24) is 0 Å². The fourth-order valence-corrected chi connectivity index (χ4v) is 1.31. The lowest BCUT2D eigenvalue weighted by atomic mass is 9.92. The molecule has 0 aliphatic heterocycles. The molecule has 5 heteroatoms. The minimum absolute atomic E-state index is 0.00384. The molecule has 0 saturated heterocycles. The van der Waals surface area contributed by atoms with Crippen molar-refractivity contribution in [2.45, 2.75) is 13.0 Å². The Balaban J connectivity index is 2.85. The molecule has 0 radical (unpaired) electrons. The summed E-state index contributed by atoms with van der Waals surface area (Å²) >= 11 is 0. The maximum atomic E-state index is 8.33. The van der Waals surface area contributed by atoms with Crippen molar-refractivity contribution in [3.8, 4) is 0 Å². The summed E-state index contributed by atoms with van der Waals surface area (Å²) in [5, 5.41) is 7.50. The van der Waals surface area contributed by atoms with Gasteiger partial charge in [0.25, 0.3) is 0 Å². The zero-order chi connectivity index (χ0) is 10.4. The highest BCUT2D eigenvalue weighted by molar-refractivity contribution is 5.99. The molecule has 0 aromatic carbocycles. The second kappa shape index (κ2) is 5.09. The Morgan fingerprint density at radius 3 is 3.00 bits per heavy atom. The third kappa shape index (κ3) is 2.37. The predicted molar refractivity (Wildman–Crippen MR) is 54.8 cm³/mol. The molecule has 0 heterocycles.